The minimum absolute atomic E-state index is 0.0473. The van der Waals surface area contributed by atoms with Gasteiger partial charge in [-0.1, -0.05) is 41.4 Å². The summed E-state index contributed by atoms with van der Waals surface area (Å²) in [6.07, 6.45) is 1.12. The summed E-state index contributed by atoms with van der Waals surface area (Å²) in [6, 6.07) is 11.4. The highest BCUT2D eigenvalue weighted by Gasteiger charge is 2.33. The number of rotatable bonds is 7. The maximum Gasteiger partial charge on any atom is 0.253 e. The van der Waals surface area contributed by atoms with Crippen LogP contribution in [-0.4, -0.2) is 43.7 Å². The van der Waals surface area contributed by atoms with Crippen molar-refractivity contribution in [3.8, 4) is 0 Å². The number of nitrogens with one attached hydrogen (secondary N) is 2. The SMILES string of the molecule is CC(C)NC(=O)c1ccccc1NC(=O)C1CCCN(S(=O)(=O)Cc2ccc(Cl)c(Cl)c2)C1. The molecule has 2 aromatic rings. The van der Waals surface area contributed by atoms with Crippen molar-refractivity contribution in [3.63, 3.8) is 0 Å². The molecule has 1 aliphatic rings. The van der Waals surface area contributed by atoms with E-state index in [2.05, 4.69) is 10.6 Å². The van der Waals surface area contributed by atoms with Crippen molar-refractivity contribution in [2.75, 3.05) is 18.4 Å². The van der Waals surface area contributed by atoms with Crippen molar-refractivity contribution in [1.29, 1.82) is 0 Å². The average molecular weight is 512 g/mol. The smallest absolute Gasteiger partial charge is 0.253 e. The Balaban J connectivity index is 1.70. The molecule has 33 heavy (non-hydrogen) atoms. The van der Waals surface area contributed by atoms with Crippen LogP contribution in [0.4, 0.5) is 5.69 Å². The van der Waals surface area contributed by atoms with E-state index in [9.17, 15) is 18.0 Å². The molecule has 7 nitrogen and oxygen atoms in total. The van der Waals surface area contributed by atoms with E-state index in [1.165, 1.54) is 10.4 Å². The van der Waals surface area contributed by atoms with E-state index in [1.807, 2.05) is 13.8 Å². The molecule has 1 heterocycles. The summed E-state index contributed by atoms with van der Waals surface area (Å²) in [5, 5.41) is 6.28. The Kier molecular flexibility index (Phi) is 8.39. The highest BCUT2D eigenvalue weighted by molar-refractivity contribution is 7.88. The van der Waals surface area contributed by atoms with Gasteiger partial charge in [0.05, 0.1) is 33.0 Å². The predicted molar refractivity (Wildman–Crippen MR) is 131 cm³/mol. The first-order valence-corrected chi connectivity index (χ1v) is 13.1. The summed E-state index contributed by atoms with van der Waals surface area (Å²) in [7, 11) is -3.65. The van der Waals surface area contributed by atoms with Gasteiger partial charge in [0.25, 0.3) is 5.91 Å². The van der Waals surface area contributed by atoms with Gasteiger partial charge in [0.2, 0.25) is 15.9 Å². The number of carbonyl (C=O) groups excluding carboxylic acids is 2. The fraction of sp³-hybridized carbons (Fsp3) is 0.391. The van der Waals surface area contributed by atoms with Gasteiger partial charge in [0.1, 0.15) is 0 Å². The molecule has 1 saturated heterocycles. The molecule has 1 aliphatic heterocycles. The standard InChI is InChI=1S/C23H27Cl2N3O4S/c1-15(2)26-23(30)18-7-3-4-8-21(18)27-22(29)17-6-5-11-28(13-17)33(31,32)14-16-9-10-19(24)20(25)12-16/h3-4,7-10,12,15,17H,5-6,11,13-14H2,1-2H3,(H,26,30)(H,27,29). The fourth-order valence-corrected chi connectivity index (χ4v) is 5.62. The van der Waals surface area contributed by atoms with E-state index in [-0.39, 0.29) is 30.2 Å². The van der Waals surface area contributed by atoms with Crippen LogP contribution in [0, 0.1) is 5.92 Å². The van der Waals surface area contributed by atoms with Crippen LogP contribution >= 0.6 is 23.2 Å². The van der Waals surface area contributed by atoms with Crippen LogP contribution in [0.3, 0.4) is 0 Å². The molecule has 10 heteroatoms. The second-order valence-corrected chi connectivity index (χ2v) is 11.1. The van der Waals surface area contributed by atoms with Crippen LogP contribution in [0.25, 0.3) is 0 Å². The quantitative estimate of drug-likeness (QED) is 0.578. The molecule has 2 amide bonds. The number of sulfonamides is 1. The van der Waals surface area contributed by atoms with Gasteiger partial charge < -0.3 is 10.6 Å². The lowest BCUT2D eigenvalue weighted by Crippen LogP contribution is -2.44. The largest absolute Gasteiger partial charge is 0.350 e. The second kappa shape index (κ2) is 10.9. The number of halogens is 2. The molecule has 0 aliphatic carbocycles. The summed E-state index contributed by atoms with van der Waals surface area (Å²) in [5.41, 5.74) is 1.29. The van der Waals surface area contributed by atoms with Gasteiger partial charge in [-0.25, -0.2) is 12.7 Å². The van der Waals surface area contributed by atoms with Gasteiger partial charge in [-0.15, -0.1) is 0 Å². The van der Waals surface area contributed by atoms with Gasteiger partial charge in [-0.2, -0.15) is 0 Å². The third-order valence-corrected chi connectivity index (χ3v) is 7.89. The monoisotopic (exact) mass is 511 g/mol. The molecule has 0 spiro atoms. The van der Waals surface area contributed by atoms with Gasteiger partial charge in [-0.3, -0.25) is 9.59 Å². The molecule has 2 N–H and O–H groups in total. The van der Waals surface area contributed by atoms with E-state index in [1.54, 1.807) is 36.4 Å². The molecule has 3 rings (SSSR count). The number of benzene rings is 2. The Bertz CT molecular complexity index is 1140. The Morgan fingerprint density at radius 1 is 1.12 bits per heavy atom. The van der Waals surface area contributed by atoms with E-state index in [0.29, 0.717) is 46.2 Å². The molecule has 0 aromatic heterocycles. The van der Waals surface area contributed by atoms with Gasteiger partial charge >= 0.3 is 0 Å². The van der Waals surface area contributed by atoms with Gasteiger partial charge in [-0.05, 0) is 56.5 Å². The molecule has 0 bridgehead atoms. The van der Waals surface area contributed by atoms with E-state index in [0.717, 1.165) is 0 Å². The first kappa shape index (κ1) is 25.5. The number of carbonyl (C=O) groups is 2. The van der Waals surface area contributed by atoms with Crippen molar-refractivity contribution in [1.82, 2.24) is 9.62 Å². The minimum atomic E-state index is -3.65. The maximum absolute atomic E-state index is 13.0. The van der Waals surface area contributed by atoms with Crippen LogP contribution in [0.2, 0.25) is 10.0 Å². The molecule has 1 atom stereocenters. The third-order valence-electron chi connectivity index (χ3n) is 5.33. The Hall–Kier alpha value is -2.13. The summed E-state index contributed by atoms with van der Waals surface area (Å²) < 4.78 is 27.3. The predicted octanol–water partition coefficient (Wildman–Crippen LogP) is 4.31. The molecule has 0 radical (unpaired) electrons. The molecular weight excluding hydrogens is 485 g/mol. The summed E-state index contributed by atoms with van der Waals surface area (Å²) in [6.45, 7) is 4.14. The van der Waals surface area contributed by atoms with Gasteiger partial charge in [0.15, 0.2) is 0 Å². The number of hydrogen-bond donors (Lipinski definition) is 2. The Morgan fingerprint density at radius 3 is 2.55 bits per heavy atom. The van der Waals surface area contributed by atoms with Crippen molar-refractivity contribution >= 4 is 50.7 Å². The number of piperidine rings is 1. The van der Waals surface area contributed by atoms with Crippen LogP contribution in [0.1, 0.15) is 42.6 Å². The number of para-hydroxylation sites is 1. The molecule has 0 saturated carbocycles. The van der Waals surface area contributed by atoms with Crippen LogP contribution in [-0.2, 0) is 20.6 Å². The van der Waals surface area contributed by atoms with Crippen molar-refractivity contribution in [2.45, 2.75) is 38.5 Å². The van der Waals surface area contributed by atoms with Crippen molar-refractivity contribution < 1.29 is 18.0 Å². The van der Waals surface area contributed by atoms with Crippen molar-refractivity contribution in [3.05, 3.63) is 63.6 Å². The van der Waals surface area contributed by atoms with Gasteiger partial charge in [0, 0.05) is 19.1 Å². The molecule has 1 fully saturated rings. The van der Waals surface area contributed by atoms with Crippen LogP contribution < -0.4 is 10.6 Å². The zero-order valence-corrected chi connectivity index (χ0v) is 20.8. The summed E-state index contributed by atoms with van der Waals surface area (Å²) >= 11 is 11.9. The number of amides is 2. The highest BCUT2D eigenvalue weighted by Crippen LogP contribution is 2.27. The van der Waals surface area contributed by atoms with E-state index < -0.39 is 15.9 Å². The Labute approximate surface area is 204 Å². The summed E-state index contributed by atoms with van der Waals surface area (Å²) in [4.78, 5) is 25.4. The maximum atomic E-state index is 13.0. The first-order valence-electron chi connectivity index (χ1n) is 10.7. The highest BCUT2D eigenvalue weighted by atomic mass is 35.5. The zero-order chi connectivity index (χ0) is 24.2. The molecule has 1 unspecified atom stereocenters. The number of nitrogens with zero attached hydrogens (tertiary/aromatic N) is 1. The minimum Gasteiger partial charge on any atom is -0.350 e. The lowest BCUT2D eigenvalue weighted by molar-refractivity contribution is -0.120. The average Bonchev–Trinajstić information content (AvgIpc) is 2.76. The van der Waals surface area contributed by atoms with Crippen LogP contribution in [0.15, 0.2) is 42.5 Å². The lowest BCUT2D eigenvalue weighted by Gasteiger charge is -2.31. The van der Waals surface area contributed by atoms with E-state index >= 15 is 0 Å². The zero-order valence-electron chi connectivity index (χ0n) is 18.5. The second-order valence-electron chi connectivity index (χ2n) is 8.36. The fourth-order valence-electron chi connectivity index (χ4n) is 3.71. The summed E-state index contributed by atoms with van der Waals surface area (Å²) in [5.74, 6) is -1.34. The normalized spacial score (nSPS) is 17.1. The number of hydrogen-bond acceptors (Lipinski definition) is 4. The topological polar surface area (TPSA) is 95.6 Å². The van der Waals surface area contributed by atoms with Crippen LogP contribution in [0.5, 0.6) is 0 Å². The Morgan fingerprint density at radius 2 is 1.85 bits per heavy atom. The first-order chi connectivity index (χ1) is 15.6. The molecular formula is C23H27Cl2N3O4S. The molecule has 178 valence electrons. The molecule has 2 aromatic carbocycles. The number of anilines is 1. The lowest BCUT2D eigenvalue weighted by atomic mass is 9.98. The third kappa shape index (κ3) is 6.69. The van der Waals surface area contributed by atoms with Crippen molar-refractivity contribution in [2.24, 2.45) is 5.92 Å². The van der Waals surface area contributed by atoms with E-state index in [4.69, 9.17) is 23.2 Å².